The van der Waals surface area contributed by atoms with Crippen LogP contribution in [0, 0.1) is 0 Å². The molecule has 1 atom stereocenters. The van der Waals surface area contributed by atoms with Crippen LogP contribution in [0.4, 0.5) is 0 Å². The van der Waals surface area contributed by atoms with Gasteiger partial charge in [0.1, 0.15) is 6.04 Å². The molecule has 4 heteroatoms. The second-order valence-corrected chi connectivity index (χ2v) is 6.96. The number of carbonyl (C=O) groups is 1. The van der Waals surface area contributed by atoms with Crippen LogP contribution < -0.4 is 10.6 Å². The van der Waals surface area contributed by atoms with Gasteiger partial charge in [-0.15, -0.1) is 0 Å². The van der Waals surface area contributed by atoms with Crippen molar-refractivity contribution >= 4 is 28.3 Å². The molecule has 0 aliphatic rings. The minimum Gasteiger partial charge on any atom is -0.351 e. The van der Waals surface area contributed by atoms with Gasteiger partial charge < -0.3 is 10.6 Å². The maximum atomic E-state index is 12.1. The van der Waals surface area contributed by atoms with E-state index >= 15 is 0 Å². The van der Waals surface area contributed by atoms with Crippen molar-refractivity contribution in [2.75, 3.05) is 13.1 Å². The Morgan fingerprint density at radius 3 is 2.69 bits per heavy atom. The lowest BCUT2D eigenvalue weighted by atomic mass is 10.00. The quantitative estimate of drug-likeness (QED) is 0.659. The van der Waals surface area contributed by atoms with Crippen molar-refractivity contribution in [3.8, 4) is 0 Å². The molecule has 0 unspecified atom stereocenters. The van der Waals surface area contributed by atoms with Crippen molar-refractivity contribution < 1.29 is 10.1 Å². The zero-order chi connectivity index (χ0) is 18.4. The van der Waals surface area contributed by atoms with Crippen LogP contribution in [-0.4, -0.2) is 19.0 Å². The maximum Gasteiger partial charge on any atom is 0.275 e. The summed E-state index contributed by atoms with van der Waals surface area (Å²) < 4.78 is 0. The summed E-state index contributed by atoms with van der Waals surface area (Å²) in [7, 11) is 0. The van der Waals surface area contributed by atoms with Gasteiger partial charge >= 0.3 is 0 Å². The predicted molar refractivity (Wildman–Crippen MR) is 107 cm³/mol. The Labute approximate surface area is 159 Å². The summed E-state index contributed by atoms with van der Waals surface area (Å²) in [6, 6.07) is 22.7. The number of hydrogen-bond acceptors (Lipinski definition) is 1. The van der Waals surface area contributed by atoms with Crippen LogP contribution in [0.1, 0.15) is 24.1 Å². The molecule has 0 fully saturated rings. The number of rotatable bonds is 7. The summed E-state index contributed by atoms with van der Waals surface area (Å²) in [5, 5.41) is 8.27. The summed E-state index contributed by atoms with van der Waals surface area (Å²) >= 11 is 5.98. The lowest BCUT2D eigenvalue weighted by Crippen LogP contribution is -2.87. The Bertz CT molecular complexity index is 889. The first kappa shape index (κ1) is 18.4. The zero-order valence-corrected chi connectivity index (χ0v) is 15.7. The predicted octanol–water partition coefficient (Wildman–Crippen LogP) is 3.48. The number of nitrogens with two attached hydrogens (primary N) is 1. The average Bonchev–Trinajstić information content (AvgIpc) is 2.66. The Hall–Kier alpha value is -2.36. The number of nitrogens with one attached hydrogen (secondary N) is 1. The van der Waals surface area contributed by atoms with E-state index in [0.717, 1.165) is 17.0 Å². The van der Waals surface area contributed by atoms with E-state index in [-0.39, 0.29) is 11.9 Å². The largest absolute Gasteiger partial charge is 0.351 e. The fraction of sp³-hybridized carbons (Fsp3) is 0.227. The molecule has 0 radical (unpaired) electrons. The zero-order valence-electron chi connectivity index (χ0n) is 14.9. The topological polar surface area (TPSA) is 45.7 Å². The standard InChI is InChI=1S/C22H23ClN2O/c1-16(20-11-5-8-18-7-2-3-10-21(18)20)25-15-22(26)24-13-12-17-6-4-9-19(23)14-17/h2-11,14,16,25H,12-13,15H2,1H3,(H,24,26)/p+1/t16-/m0/s1. The van der Waals surface area contributed by atoms with Gasteiger partial charge in [-0.3, -0.25) is 4.79 Å². The summed E-state index contributed by atoms with van der Waals surface area (Å²) in [6.45, 7) is 3.18. The molecule has 3 nitrogen and oxygen atoms in total. The molecule has 0 heterocycles. The molecular formula is C22H24ClN2O+. The van der Waals surface area contributed by atoms with E-state index in [1.165, 1.54) is 16.3 Å². The van der Waals surface area contributed by atoms with Crippen LogP contribution in [0.5, 0.6) is 0 Å². The van der Waals surface area contributed by atoms with Gasteiger partial charge in [0.2, 0.25) is 0 Å². The Balaban J connectivity index is 1.49. The highest BCUT2D eigenvalue weighted by Gasteiger charge is 2.13. The third-order valence-electron chi connectivity index (χ3n) is 4.60. The van der Waals surface area contributed by atoms with E-state index in [9.17, 15) is 4.79 Å². The molecule has 3 aromatic rings. The van der Waals surface area contributed by atoms with Crippen LogP contribution in [0.2, 0.25) is 5.02 Å². The van der Waals surface area contributed by atoms with Crippen molar-refractivity contribution in [1.82, 2.24) is 5.32 Å². The van der Waals surface area contributed by atoms with Crippen LogP contribution in [0.3, 0.4) is 0 Å². The number of carbonyl (C=O) groups excluding carboxylic acids is 1. The number of hydrogen-bond donors (Lipinski definition) is 2. The highest BCUT2D eigenvalue weighted by Crippen LogP contribution is 2.21. The molecule has 3 N–H and O–H groups in total. The van der Waals surface area contributed by atoms with E-state index in [2.05, 4.69) is 54.0 Å². The summed E-state index contributed by atoms with van der Waals surface area (Å²) in [4.78, 5) is 12.1. The van der Waals surface area contributed by atoms with Crippen molar-refractivity contribution in [1.29, 1.82) is 0 Å². The fourth-order valence-electron chi connectivity index (χ4n) is 3.17. The van der Waals surface area contributed by atoms with E-state index in [0.29, 0.717) is 13.1 Å². The molecule has 0 saturated heterocycles. The molecule has 0 spiro atoms. The van der Waals surface area contributed by atoms with Gasteiger partial charge in [0.25, 0.3) is 5.91 Å². The first-order valence-electron chi connectivity index (χ1n) is 8.95. The van der Waals surface area contributed by atoms with Crippen LogP contribution in [-0.2, 0) is 11.2 Å². The van der Waals surface area contributed by atoms with Gasteiger partial charge in [-0.25, -0.2) is 0 Å². The molecule has 134 valence electrons. The third kappa shape index (κ3) is 4.84. The molecule has 0 aliphatic heterocycles. The highest BCUT2D eigenvalue weighted by molar-refractivity contribution is 6.30. The molecule has 1 amide bonds. The van der Waals surface area contributed by atoms with Crippen molar-refractivity contribution in [2.24, 2.45) is 0 Å². The molecule has 3 aromatic carbocycles. The second kappa shape index (κ2) is 8.84. The van der Waals surface area contributed by atoms with E-state index < -0.39 is 0 Å². The van der Waals surface area contributed by atoms with E-state index in [1.54, 1.807) is 0 Å². The van der Waals surface area contributed by atoms with Gasteiger partial charge in [0.15, 0.2) is 6.54 Å². The Kier molecular flexibility index (Phi) is 6.26. The Morgan fingerprint density at radius 2 is 1.85 bits per heavy atom. The number of quaternary nitrogens is 1. The second-order valence-electron chi connectivity index (χ2n) is 6.53. The lowest BCUT2D eigenvalue weighted by molar-refractivity contribution is -0.682. The first-order valence-corrected chi connectivity index (χ1v) is 9.33. The van der Waals surface area contributed by atoms with Crippen molar-refractivity contribution in [3.05, 3.63) is 82.9 Å². The normalized spacial score (nSPS) is 12.1. The monoisotopic (exact) mass is 367 g/mol. The summed E-state index contributed by atoms with van der Waals surface area (Å²) in [5.41, 5.74) is 2.39. The highest BCUT2D eigenvalue weighted by atomic mass is 35.5. The molecule has 0 aromatic heterocycles. The van der Waals surface area contributed by atoms with Gasteiger partial charge in [0.05, 0.1) is 0 Å². The van der Waals surface area contributed by atoms with Crippen LogP contribution >= 0.6 is 11.6 Å². The minimum atomic E-state index is 0.0547. The van der Waals surface area contributed by atoms with Gasteiger partial charge in [-0.2, -0.15) is 0 Å². The maximum absolute atomic E-state index is 12.1. The van der Waals surface area contributed by atoms with Crippen molar-refractivity contribution in [3.63, 3.8) is 0 Å². The van der Waals surface area contributed by atoms with Gasteiger partial charge in [-0.05, 0) is 41.8 Å². The van der Waals surface area contributed by atoms with E-state index in [1.807, 2.05) is 30.3 Å². The number of fused-ring (bicyclic) bond motifs is 1. The minimum absolute atomic E-state index is 0.0547. The summed E-state index contributed by atoms with van der Waals surface area (Å²) in [6.07, 6.45) is 0.783. The number of halogens is 1. The molecule has 0 saturated carbocycles. The SMILES string of the molecule is C[C@H]([NH2+]CC(=O)NCCc1cccc(Cl)c1)c1cccc2ccccc12. The lowest BCUT2D eigenvalue weighted by Gasteiger charge is -2.13. The molecule has 26 heavy (non-hydrogen) atoms. The smallest absolute Gasteiger partial charge is 0.275 e. The first-order chi connectivity index (χ1) is 12.6. The van der Waals surface area contributed by atoms with Crippen LogP contribution in [0.15, 0.2) is 66.7 Å². The van der Waals surface area contributed by atoms with E-state index in [4.69, 9.17) is 11.6 Å². The number of amides is 1. The molecule has 0 aliphatic carbocycles. The van der Waals surface area contributed by atoms with Gasteiger partial charge in [0, 0.05) is 17.1 Å². The summed E-state index contributed by atoms with van der Waals surface area (Å²) in [5.74, 6) is 0.0547. The van der Waals surface area contributed by atoms with Crippen molar-refractivity contribution in [2.45, 2.75) is 19.4 Å². The molecule has 3 rings (SSSR count). The third-order valence-corrected chi connectivity index (χ3v) is 4.83. The molecule has 0 bridgehead atoms. The molecular weight excluding hydrogens is 344 g/mol. The Morgan fingerprint density at radius 1 is 1.08 bits per heavy atom. The average molecular weight is 368 g/mol. The fourth-order valence-corrected chi connectivity index (χ4v) is 3.38. The van der Waals surface area contributed by atoms with Gasteiger partial charge in [-0.1, -0.05) is 66.2 Å². The van der Waals surface area contributed by atoms with Crippen LogP contribution in [0.25, 0.3) is 10.8 Å². The number of benzene rings is 3.